The third-order valence-electron chi connectivity index (χ3n) is 5.37. The highest BCUT2D eigenvalue weighted by molar-refractivity contribution is 7.99. The van der Waals surface area contributed by atoms with Crippen LogP contribution in [0.15, 0.2) is 35.6 Å². The van der Waals surface area contributed by atoms with Gasteiger partial charge in [-0.25, -0.2) is 9.97 Å². The highest BCUT2D eigenvalue weighted by Crippen LogP contribution is 2.34. The summed E-state index contributed by atoms with van der Waals surface area (Å²) < 4.78 is 0. The number of benzene rings is 1. The second kappa shape index (κ2) is 9.13. The van der Waals surface area contributed by atoms with Gasteiger partial charge in [-0.2, -0.15) is 0 Å². The molecule has 7 heteroatoms. The molecular formula is C22H26N4OS2. The van der Waals surface area contributed by atoms with Crippen molar-refractivity contribution in [3.8, 4) is 0 Å². The Balaban J connectivity index is 1.38. The molecule has 1 aromatic carbocycles. The van der Waals surface area contributed by atoms with E-state index in [0.29, 0.717) is 12.2 Å². The normalized spacial score (nSPS) is 14.3. The zero-order chi connectivity index (χ0) is 20.2. The van der Waals surface area contributed by atoms with Crippen LogP contribution < -0.4 is 10.2 Å². The molecule has 0 saturated carbocycles. The van der Waals surface area contributed by atoms with Gasteiger partial charge in [0.2, 0.25) is 5.91 Å². The SMILES string of the molecule is Cc1sc2ncnc(SCCC(=O)Nc3ccccc3N3CCCCC3)c2c1C. The van der Waals surface area contributed by atoms with Crippen LogP contribution in [0.2, 0.25) is 0 Å². The monoisotopic (exact) mass is 426 g/mol. The van der Waals surface area contributed by atoms with Gasteiger partial charge in [0.15, 0.2) is 0 Å². The van der Waals surface area contributed by atoms with Crippen LogP contribution in [-0.2, 0) is 4.79 Å². The number of anilines is 2. The molecule has 0 aliphatic carbocycles. The number of carbonyl (C=O) groups is 1. The number of aromatic nitrogens is 2. The molecule has 3 heterocycles. The third kappa shape index (κ3) is 4.56. The maximum absolute atomic E-state index is 12.6. The number of thiophene rings is 1. The Hall–Kier alpha value is -2.12. The van der Waals surface area contributed by atoms with Crippen molar-refractivity contribution >= 4 is 50.6 Å². The molecule has 152 valence electrons. The average Bonchev–Trinajstić information content (AvgIpc) is 3.03. The Labute approximate surface area is 179 Å². The van der Waals surface area contributed by atoms with Crippen LogP contribution in [-0.4, -0.2) is 34.7 Å². The number of hydrogen-bond acceptors (Lipinski definition) is 6. The molecule has 1 aliphatic heterocycles. The van der Waals surface area contributed by atoms with E-state index in [0.717, 1.165) is 39.7 Å². The van der Waals surface area contributed by atoms with Gasteiger partial charge in [0.05, 0.1) is 11.4 Å². The Bertz CT molecular complexity index is 1010. The summed E-state index contributed by atoms with van der Waals surface area (Å²) in [6.45, 7) is 6.35. The molecule has 0 atom stereocenters. The first kappa shape index (κ1) is 20.2. The number of aryl methyl sites for hydroxylation is 2. The zero-order valence-corrected chi connectivity index (χ0v) is 18.5. The Morgan fingerprint density at radius 2 is 1.97 bits per heavy atom. The van der Waals surface area contributed by atoms with Gasteiger partial charge in [-0.15, -0.1) is 23.1 Å². The van der Waals surface area contributed by atoms with Gasteiger partial charge in [-0.3, -0.25) is 4.79 Å². The minimum Gasteiger partial charge on any atom is -0.370 e. The number of rotatable bonds is 6. The minimum atomic E-state index is 0.0467. The van der Waals surface area contributed by atoms with Gasteiger partial charge in [-0.05, 0) is 50.8 Å². The Morgan fingerprint density at radius 1 is 1.17 bits per heavy atom. The van der Waals surface area contributed by atoms with Crippen molar-refractivity contribution in [2.45, 2.75) is 44.6 Å². The fraction of sp³-hybridized carbons (Fsp3) is 0.409. The number of piperidine rings is 1. The van der Waals surface area contributed by atoms with E-state index in [1.54, 1.807) is 29.4 Å². The first-order valence-electron chi connectivity index (χ1n) is 10.1. The number of carbonyl (C=O) groups excluding carboxylic acids is 1. The molecule has 1 saturated heterocycles. The Kier molecular flexibility index (Phi) is 6.35. The lowest BCUT2D eigenvalue weighted by atomic mass is 10.1. The number of nitrogens with zero attached hydrogens (tertiary/aromatic N) is 3. The number of para-hydroxylation sites is 2. The van der Waals surface area contributed by atoms with Crippen molar-refractivity contribution in [3.05, 3.63) is 41.0 Å². The van der Waals surface area contributed by atoms with Crippen LogP contribution in [0.1, 0.15) is 36.1 Å². The van der Waals surface area contributed by atoms with E-state index in [9.17, 15) is 4.79 Å². The highest BCUT2D eigenvalue weighted by Gasteiger charge is 2.16. The number of fused-ring (bicyclic) bond motifs is 1. The second-order valence-corrected chi connectivity index (χ2v) is 9.64. The summed E-state index contributed by atoms with van der Waals surface area (Å²) in [6.07, 6.45) is 5.80. The van der Waals surface area contributed by atoms with E-state index >= 15 is 0 Å². The summed E-state index contributed by atoms with van der Waals surface area (Å²) in [5.74, 6) is 0.739. The fourth-order valence-electron chi connectivity index (χ4n) is 3.70. The smallest absolute Gasteiger partial charge is 0.225 e. The van der Waals surface area contributed by atoms with E-state index in [4.69, 9.17) is 0 Å². The average molecular weight is 427 g/mol. The summed E-state index contributed by atoms with van der Waals surface area (Å²) in [4.78, 5) is 26.1. The lowest BCUT2D eigenvalue weighted by Crippen LogP contribution is -2.30. The Morgan fingerprint density at radius 3 is 2.79 bits per heavy atom. The molecule has 29 heavy (non-hydrogen) atoms. The first-order chi connectivity index (χ1) is 14.1. The fourth-order valence-corrected chi connectivity index (χ4v) is 5.76. The molecular weight excluding hydrogens is 400 g/mol. The standard InChI is InChI=1S/C22H26N4OS2/c1-15-16(2)29-22-20(15)21(23-14-24-22)28-13-10-19(27)25-17-8-4-5-9-18(17)26-11-6-3-7-12-26/h4-5,8-9,14H,3,6-7,10-13H2,1-2H3,(H,25,27). The van der Waals surface area contributed by atoms with Crippen LogP contribution in [0.4, 0.5) is 11.4 Å². The molecule has 1 aliphatic rings. The van der Waals surface area contributed by atoms with E-state index in [2.05, 4.69) is 40.1 Å². The van der Waals surface area contributed by atoms with Gasteiger partial charge in [-0.1, -0.05) is 12.1 Å². The van der Waals surface area contributed by atoms with Crippen molar-refractivity contribution in [3.63, 3.8) is 0 Å². The molecule has 3 aromatic rings. The summed E-state index contributed by atoms with van der Waals surface area (Å²) in [7, 11) is 0. The van der Waals surface area contributed by atoms with Gasteiger partial charge in [0.25, 0.3) is 0 Å². The molecule has 1 N–H and O–H groups in total. The molecule has 2 aromatic heterocycles. The summed E-state index contributed by atoms with van der Waals surface area (Å²) in [5, 5.41) is 5.23. The van der Waals surface area contributed by atoms with Crippen LogP contribution in [0.25, 0.3) is 10.2 Å². The molecule has 5 nitrogen and oxygen atoms in total. The number of nitrogens with one attached hydrogen (secondary N) is 1. The van der Waals surface area contributed by atoms with Crippen molar-refractivity contribution in [1.29, 1.82) is 0 Å². The van der Waals surface area contributed by atoms with Crippen LogP contribution in [0.3, 0.4) is 0 Å². The lowest BCUT2D eigenvalue weighted by Gasteiger charge is -2.30. The van der Waals surface area contributed by atoms with Gasteiger partial charge in [0.1, 0.15) is 16.2 Å². The van der Waals surface area contributed by atoms with Crippen molar-refractivity contribution in [1.82, 2.24) is 9.97 Å². The summed E-state index contributed by atoms with van der Waals surface area (Å²) in [6, 6.07) is 8.13. The molecule has 0 spiro atoms. The molecule has 4 rings (SSSR count). The van der Waals surface area contributed by atoms with Crippen molar-refractivity contribution in [2.75, 3.05) is 29.1 Å². The quantitative estimate of drug-likeness (QED) is 0.421. The largest absolute Gasteiger partial charge is 0.370 e. The van der Waals surface area contributed by atoms with Gasteiger partial charge < -0.3 is 10.2 Å². The van der Waals surface area contributed by atoms with Crippen LogP contribution in [0.5, 0.6) is 0 Å². The van der Waals surface area contributed by atoms with Crippen LogP contribution in [0, 0.1) is 13.8 Å². The van der Waals surface area contributed by atoms with E-state index in [1.807, 2.05) is 18.2 Å². The molecule has 0 unspecified atom stereocenters. The maximum Gasteiger partial charge on any atom is 0.225 e. The number of thioether (sulfide) groups is 1. The van der Waals surface area contributed by atoms with Gasteiger partial charge in [0, 0.05) is 35.5 Å². The predicted molar refractivity (Wildman–Crippen MR) is 123 cm³/mol. The molecule has 1 amide bonds. The predicted octanol–water partition coefficient (Wildman–Crippen LogP) is 5.42. The summed E-state index contributed by atoms with van der Waals surface area (Å²) in [5.41, 5.74) is 3.29. The molecule has 1 fully saturated rings. The number of amides is 1. The van der Waals surface area contributed by atoms with Crippen molar-refractivity contribution < 1.29 is 4.79 Å². The van der Waals surface area contributed by atoms with E-state index < -0.39 is 0 Å². The van der Waals surface area contributed by atoms with E-state index in [1.165, 1.54) is 29.7 Å². The van der Waals surface area contributed by atoms with Gasteiger partial charge >= 0.3 is 0 Å². The number of hydrogen-bond donors (Lipinski definition) is 1. The third-order valence-corrected chi connectivity index (χ3v) is 7.48. The summed E-state index contributed by atoms with van der Waals surface area (Å²) >= 11 is 3.33. The maximum atomic E-state index is 12.6. The topological polar surface area (TPSA) is 58.1 Å². The molecule has 0 radical (unpaired) electrons. The highest BCUT2D eigenvalue weighted by atomic mass is 32.2. The first-order valence-corrected chi connectivity index (χ1v) is 11.9. The second-order valence-electron chi connectivity index (χ2n) is 7.35. The zero-order valence-electron chi connectivity index (χ0n) is 16.9. The molecule has 0 bridgehead atoms. The van der Waals surface area contributed by atoms with Crippen LogP contribution >= 0.6 is 23.1 Å². The van der Waals surface area contributed by atoms with E-state index in [-0.39, 0.29) is 5.91 Å². The minimum absolute atomic E-state index is 0.0467. The van der Waals surface area contributed by atoms with Crippen molar-refractivity contribution in [2.24, 2.45) is 0 Å². The lowest BCUT2D eigenvalue weighted by molar-refractivity contribution is -0.115.